The van der Waals surface area contributed by atoms with Gasteiger partial charge in [0.2, 0.25) is 0 Å². The lowest BCUT2D eigenvalue weighted by atomic mass is 9.82. The first-order chi connectivity index (χ1) is 14.0. The molecule has 7 heteroatoms. The summed E-state index contributed by atoms with van der Waals surface area (Å²) in [5.41, 5.74) is 2.73. The zero-order valence-electron chi connectivity index (χ0n) is 16.2. The number of aryl methyl sites for hydroxylation is 1. The Hall–Kier alpha value is -2.44. The minimum atomic E-state index is -0.314. The van der Waals surface area contributed by atoms with Gasteiger partial charge in [-0.15, -0.1) is 0 Å². The van der Waals surface area contributed by atoms with Crippen LogP contribution in [-0.2, 0) is 20.1 Å². The smallest absolute Gasteiger partial charge is 0.261 e. The van der Waals surface area contributed by atoms with E-state index in [4.69, 9.17) is 11.6 Å². The highest BCUT2D eigenvalue weighted by Crippen LogP contribution is 2.36. The van der Waals surface area contributed by atoms with Gasteiger partial charge in [-0.2, -0.15) is 0 Å². The van der Waals surface area contributed by atoms with Gasteiger partial charge in [-0.05, 0) is 42.2 Å². The average Bonchev–Trinajstić information content (AvgIpc) is 3.11. The molecular weight excluding hydrogens is 391 g/mol. The largest absolute Gasteiger partial charge is 0.334 e. The van der Waals surface area contributed by atoms with Gasteiger partial charge in [0.15, 0.2) is 0 Å². The minimum absolute atomic E-state index is 0.0431. The summed E-state index contributed by atoms with van der Waals surface area (Å²) in [4.78, 5) is 19.9. The standard InChI is InChI=1S/C22H22ClFN4O/c1-26-7-6-25-21(26)18-4-5-20-16-8-14(11-28(20)22(18)29)10-27(13-16)12-15-2-3-17(24)9-19(15)23/h2-7,9,14,16H,8,10-13H2,1H3/t14-,16+/m0/s1. The van der Waals surface area contributed by atoms with Crippen LogP contribution in [0.25, 0.3) is 11.4 Å². The molecule has 1 aromatic carbocycles. The topological polar surface area (TPSA) is 43.1 Å². The van der Waals surface area contributed by atoms with Crippen molar-refractivity contribution in [3.05, 3.63) is 75.2 Å². The lowest BCUT2D eigenvalue weighted by molar-refractivity contribution is 0.114. The maximum absolute atomic E-state index is 13.3. The fourth-order valence-electron chi connectivity index (χ4n) is 4.86. The number of nitrogens with zero attached hydrogens (tertiary/aromatic N) is 4. The quantitative estimate of drug-likeness (QED) is 0.659. The van der Waals surface area contributed by atoms with Crippen molar-refractivity contribution in [1.29, 1.82) is 0 Å². The molecule has 5 nitrogen and oxygen atoms in total. The monoisotopic (exact) mass is 412 g/mol. The van der Waals surface area contributed by atoms with Gasteiger partial charge in [0.1, 0.15) is 11.6 Å². The van der Waals surface area contributed by atoms with Gasteiger partial charge in [0.05, 0.1) is 5.56 Å². The molecule has 150 valence electrons. The van der Waals surface area contributed by atoms with Crippen LogP contribution in [0.5, 0.6) is 0 Å². The van der Waals surface area contributed by atoms with Crippen LogP contribution in [0.15, 0.2) is 47.5 Å². The summed E-state index contributed by atoms with van der Waals surface area (Å²) in [6.45, 7) is 3.19. The van der Waals surface area contributed by atoms with Crippen molar-refractivity contribution in [3.63, 3.8) is 0 Å². The van der Waals surface area contributed by atoms with E-state index < -0.39 is 0 Å². The Kier molecular flexibility index (Phi) is 4.56. The van der Waals surface area contributed by atoms with E-state index in [1.165, 1.54) is 12.1 Å². The van der Waals surface area contributed by atoms with Crippen LogP contribution in [0.1, 0.15) is 23.6 Å². The zero-order valence-corrected chi connectivity index (χ0v) is 16.9. The molecule has 0 aliphatic carbocycles. The van der Waals surface area contributed by atoms with Crippen LogP contribution in [0.4, 0.5) is 4.39 Å². The molecule has 0 radical (unpaired) electrons. The van der Waals surface area contributed by atoms with E-state index in [9.17, 15) is 9.18 Å². The van der Waals surface area contributed by atoms with Gasteiger partial charge >= 0.3 is 0 Å². The number of benzene rings is 1. The number of piperidine rings is 1. The number of fused-ring (bicyclic) bond motifs is 4. The molecule has 29 heavy (non-hydrogen) atoms. The van der Waals surface area contributed by atoms with Crippen molar-refractivity contribution in [3.8, 4) is 11.4 Å². The summed E-state index contributed by atoms with van der Waals surface area (Å²) < 4.78 is 17.2. The maximum atomic E-state index is 13.3. The number of aromatic nitrogens is 3. The second-order valence-corrected chi connectivity index (χ2v) is 8.59. The summed E-state index contributed by atoms with van der Waals surface area (Å²) in [7, 11) is 1.90. The SMILES string of the molecule is Cn1ccnc1-c1ccc2n(c1=O)C[C@H]1C[C@@H]2CN(Cc2ccc(F)cc2Cl)C1. The molecular formula is C22H22ClFN4O. The van der Waals surface area contributed by atoms with E-state index in [0.29, 0.717) is 34.8 Å². The summed E-state index contributed by atoms with van der Waals surface area (Å²) in [5, 5.41) is 0.470. The van der Waals surface area contributed by atoms with E-state index >= 15 is 0 Å². The van der Waals surface area contributed by atoms with Crippen LogP contribution in [-0.4, -0.2) is 32.1 Å². The van der Waals surface area contributed by atoms with Crippen LogP contribution in [0.2, 0.25) is 5.02 Å². The second-order valence-electron chi connectivity index (χ2n) is 8.18. The molecule has 0 amide bonds. The Morgan fingerprint density at radius 1 is 1.21 bits per heavy atom. The predicted molar refractivity (Wildman–Crippen MR) is 110 cm³/mol. The number of hydrogen-bond acceptors (Lipinski definition) is 3. The van der Waals surface area contributed by atoms with Crippen LogP contribution in [0.3, 0.4) is 0 Å². The molecule has 0 spiro atoms. The Bertz CT molecular complexity index is 1140. The van der Waals surface area contributed by atoms with E-state index in [-0.39, 0.29) is 11.4 Å². The summed E-state index contributed by atoms with van der Waals surface area (Å²) >= 11 is 6.23. The number of halogens is 2. The Balaban J connectivity index is 1.43. The lowest BCUT2D eigenvalue weighted by Gasteiger charge is -2.43. The van der Waals surface area contributed by atoms with Crippen molar-refractivity contribution in [2.75, 3.05) is 13.1 Å². The van der Waals surface area contributed by atoms with Crippen molar-refractivity contribution < 1.29 is 4.39 Å². The predicted octanol–water partition coefficient (Wildman–Crippen LogP) is 3.66. The molecule has 2 bridgehead atoms. The Morgan fingerprint density at radius 2 is 2.07 bits per heavy atom. The molecule has 4 heterocycles. The third-order valence-corrected chi connectivity index (χ3v) is 6.50. The van der Waals surface area contributed by atoms with Crippen molar-refractivity contribution in [1.82, 2.24) is 19.0 Å². The second kappa shape index (κ2) is 7.11. The number of rotatable bonds is 3. The molecule has 2 aliphatic heterocycles. The minimum Gasteiger partial charge on any atom is -0.334 e. The number of hydrogen-bond donors (Lipinski definition) is 0. The Labute approximate surface area is 173 Å². The molecule has 1 saturated heterocycles. The molecule has 0 N–H and O–H groups in total. The van der Waals surface area contributed by atoms with Gasteiger partial charge in [-0.25, -0.2) is 9.37 Å². The number of pyridine rings is 1. The molecule has 1 fully saturated rings. The first-order valence-corrected chi connectivity index (χ1v) is 10.2. The summed E-state index contributed by atoms with van der Waals surface area (Å²) in [5.74, 6) is 1.11. The lowest BCUT2D eigenvalue weighted by Crippen LogP contribution is -2.47. The zero-order chi connectivity index (χ0) is 20.1. The fourth-order valence-corrected chi connectivity index (χ4v) is 5.09. The first-order valence-electron chi connectivity index (χ1n) is 9.87. The molecule has 2 aliphatic rings. The van der Waals surface area contributed by atoms with Gasteiger partial charge in [0, 0.05) is 62.3 Å². The Morgan fingerprint density at radius 3 is 2.83 bits per heavy atom. The highest BCUT2D eigenvalue weighted by Gasteiger charge is 2.35. The van der Waals surface area contributed by atoms with Crippen molar-refractivity contribution in [2.45, 2.75) is 25.4 Å². The van der Waals surface area contributed by atoms with Crippen LogP contribution >= 0.6 is 11.6 Å². The van der Waals surface area contributed by atoms with Crippen molar-refractivity contribution in [2.24, 2.45) is 13.0 Å². The molecule has 2 aromatic heterocycles. The summed E-state index contributed by atoms with van der Waals surface area (Å²) in [6.07, 6.45) is 4.66. The van der Waals surface area contributed by atoms with E-state index in [0.717, 1.165) is 37.3 Å². The number of likely N-dealkylation sites (tertiary alicyclic amines) is 1. The normalized spacial score (nSPS) is 21.2. The third kappa shape index (κ3) is 3.30. The third-order valence-electron chi connectivity index (χ3n) is 6.15. The fraction of sp³-hybridized carbons (Fsp3) is 0.364. The molecule has 0 unspecified atom stereocenters. The van der Waals surface area contributed by atoms with E-state index in [1.807, 2.05) is 28.4 Å². The van der Waals surface area contributed by atoms with Crippen LogP contribution < -0.4 is 5.56 Å². The molecule has 5 rings (SSSR count). The van der Waals surface area contributed by atoms with Gasteiger partial charge in [-0.1, -0.05) is 17.7 Å². The summed E-state index contributed by atoms with van der Waals surface area (Å²) in [6, 6.07) is 8.59. The molecule has 3 aromatic rings. The average molecular weight is 413 g/mol. The van der Waals surface area contributed by atoms with Gasteiger partial charge < -0.3 is 9.13 Å². The highest BCUT2D eigenvalue weighted by molar-refractivity contribution is 6.31. The van der Waals surface area contributed by atoms with Gasteiger partial charge in [0.25, 0.3) is 5.56 Å². The van der Waals surface area contributed by atoms with Crippen molar-refractivity contribution >= 4 is 11.6 Å². The van der Waals surface area contributed by atoms with Gasteiger partial charge in [-0.3, -0.25) is 9.69 Å². The first kappa shape index (κ1) is 18.6. The van der Waals surface area contributed by atoms with E-state index in [2.05, 4.69) is 16.0 Å². The molecule has 0 saturated carbocycles. The maximum Gasteiger partial charge on any atom is 0.261 e. The van der Waals surface area contributed by atoms with Crippen LogP contribution in [0, 0.1) is 11.7 Å². The van der Waals surface area contributed by atoms with E-state index in [1.54, 1.807) is 12.3 Å². The number of imidazole rings is 1. The molecule has 2 atom stereocenters. The highest BCUT2D eigenvalue weighted by atomic mass is 35.5.